The predicted molar refractivity (Wildman–Crippen MR) is 44.7 cm³/mol. The second kappa shape index (κ2) is 2.81. The molecule has 0 radical (unpaired) electrons. The summed E-state index contributed by atoms with van der Waals surface area (Å²) in [6, 6.07) is 0. The van der Waals surface area contributed by atoms with Gasteiger partial charge < -0.3 is 0 Å². The van der Waals surface area contributed by atoms with Crippen LogP contribution in [0, 0.1) is 0 Å². The van der Waals surface area contributed by atoms with Crippen LogP contribution < -0.4 is 0 Å². The molecule has 0 amide bonds. The minimum Gasteiger partial charge on any atom is -0.166 e. The van der Waals surface area contributed by atoms with Crippen LogP contribution in [-0.2, 0) is 0 Å². The number of rotatable bonds is 0. The Morgan fingerprint density at radius 3 is 2.30 bits per heavy atom. The van der Waals surface area contributed by atoms with Gasteiger partial charge in [0.2, 0.25) is 0 Å². The Morgan fingerprint density at radius 1 is 1.50 bits per heavy atom. The van der Waals surface area contributed by atoms with Crippen molar-refractivity contribution in [2.24, 2.45) is 0 Å². The van der Waals surface area contributed by atoms with Crippen LogP contribution in [0.5, 0.6) is 0 Å². The quantitative estimate of drug-likeness (QED) is 0.471. The minimum atomic E-state index is -4.11. The van der Waals surface area contributed by atoms with E-state index in [1.807, 2.05) is 22.6 Å². The lowest BCUT2D eigenvalue weighted by molar-refractivity contribution is -0.0920. The minimum absolute atomic E-state index is 0.0889. The smallest absolute Gasteiger partial charge is 0.166 e. The van der Waals surface area contributed by atoms with Crippen LogP contribution >= 0.6 is 30.8 Å². The molecule has 0 aliphatic carbocycles. The van der Waals surface area contributed by atoms with Gasteiger partial charge in [-0.15, -0.1) is 0 Å². The Balaban J connectivity index is 2.66. The van der Waals surface area contributed by atoms with Gasteiger partial charge in [-0.2, -0.15) is 13.2 Å². The molecule has 0 bridgehead atoms. The molecule has 0 aromatic rings. The molecule has 0 spiro atoms. The molecule has 0 atom stereocenters. The number of alkyl halides is 3. The van der Waals surface area contributed by atoms with Crippen molar-refractivity contribution in [3.8, 4) is 0 Å². The average Bonchev–Trinajstić information content (AvgIpc) is 2.11. The highest BCUT2D eigenvalue weighted by molar-refractivity contribution is 14.1. The summed E-state index contributed by atoms with van der Waals surface area (Å²) in [5.41, 5.74) is -0.404. The molecule has 10 heavy (non-hydrogen) atoms. The van der Waals surface area contributed by atoms with Crippen LogP contribution in [0.4, 0.5) is 13.2 Å². The second-order valence-corrected chi connectivity index (χ2v) is 5.05. The van der Waals surface area contributed by atoms with E-state index in [1.165, 1.54) is 5.82 Å². The summed E-state index contributed by atoms with van der Waals surface area (Å²) in [6.45, 7) is 0. The maximum Gasteiger partial charge on any atom is 0.413 e. The Labute approximate surface area is 71.4 Å². The van der Waals surface area contributed by atoms with Crippen molar-refractivity contribution in [1.82, 2.24) is 0 Å². The molecule has 0 saturated carbocycles. The van der Waals surface area contributed by atoms with Crippen LogP contribution in [0.3, 0.4) is 0 Å². The molecule has 0 aromatic carbocycles. The number of hydrogen-bond donors (Lipinski definition) is 0. The molecule has 1 aliphatic rings. The molecule has 0 aromatic heterocycles. The average molecular weight is 278 g/mol. The predicted octanol–water partition coefficient (Wildman–Crippen LogP) is 3.35. The van der Waals surface area contributed by atoms with Crippen molar-refractivity contribution < 1.29 is 13.2 Å². The van der Waals surface area contributed by atoms with Gasteiger partial charge in [0.1, 0.15) is 0 Å². The van der Waals surface area contributed by atoms with Gasteiger partial charge in [-0.05, 0) is 28.4 Å². The van der Waals surface area contributed by atoms with Crippen LogP contribution in [-0.4, -0.2) is 9.48 Å². The van der Waals surface area contributed by atoms with Gasteiger partial charge in [0.15, 0.2) is 0 Å². The normalized spacial score (nSPS) is 20.4. The zero-order valence-electron chi connectivity index (χ0n) is 4.74. The highest BCUT2D eigenvalue weighted by Crippen LogP contribution is 2.36. The molecule has 0 fully saturated rings. The SMILES string of the molecule is FC(F)(F)C1=CP=C(I)C1. The first kappa shape index (κ1) is 8.53. The van der Waals surface area contributed by atoms with Crippen molar-refractivity contribution in [2.75, 3.05) is 0 Å². The summed E-state index contributed by atoms with van der Waals surface area (Å²) in [7, 11) is 0.706. The fourth-order valence-corrected chi connectivity index (χ4v) is 2.19. The zero-order chi connectivity index (χ0) is 7.78. The van der Waals surface area contributed by atoms with E-state index < -0.39 is 11.7 Å². The van der Waals surface area contributed by atoms with Gasteiger partial charge in [0.25, 0.3) is 0 Å². The highest BCUT2D eigenvalue weighted by Gasteiger charge is 2.34. The maximum atomic E-state index is 11.8. The van der Waals surface area contributed by atoms with Gasteiger partial charge in [0, 0.05) is 15.3 Å². The first-order chi connectivity index (χ1) is 4.50. The number of allylic oxidation sites excluding steroid dienone is 1. The largest absolute Gasteiger partial charge is 0.413 e. The lowest BCUT2D eigenvalue weighted by Crippen LogP contribution is -2.10. The standard InChI is InChI=1S/C5H3F3IP/c6-5(7,8)3-1-4(9)10-2-3/h2H,1H2. The summed E-state index contributed by atoms with van der Waals surface area (Å²) in [6.07, 6.45) is -4.02. The monoisotopic (exact) mass is 278 g/mol. The third-order valence-electron chi connectivity index (χ3n) is 1.06. The molecule has 0 N–H and O–H groups in total. The van der Waals surface area contributed by atoms with E-state index in [4.69, 9.17) is 0 Å². The molecule has 0 nitrogen and oxygen atoms in total. The van der Waals surface area contributed by atoms with E-state index in [1.54, 1.807) is 0 Å². The first-order valence-electron chi connectivity index (χ1n) is 2.48. The first-order valence-corrected chi connectivity index (χ1v) is 4.53. The van der Waals surface area contributed by atoms with E-state index in [0.29, 0.717) is 8.20 Å². The van der Waals surface area contributed by atoms with Crippen molar-refractivity contribution >= 4 is 34.1 Å². The van der Waals surface area contributed by atoms with Crippen LogP contribution in [0.2, 0.25) is 0 Å². The Bertz CT molecular complexity index is 203. The van der Waals surface area contributed by atoms with Crippen LogP contribution in [0.25, 0.3) is 0 Å². The third-order valence-corrected chi connectivity index (χ3v) is 3.16. The van der Waals surface area contributed by atoms with E-state index >= 15 is 0 Å². The van der Waals surface area contributed by atoms with Gasteiger partial charge in [-0.3, -0.25) is 0 Å². The molecule has 56 valence electrons. The molecule has 0 saturated heterocycles. The van der Waals surface area contributed by atoms with Crippen molar-refractivity contribution in [3.63, 3.8) is 0 Å². The Hall–Kier alpha value is 0.430. The van der Waals surface area contributed by atoms with Crippen LogP contribution in [0.1, 0.15) is 6.42 Å². The molecule has 1 heterocycles. The molecule has 1 aliphatic heterocycles. The lowest BCUT2D eigenvalue weighted by Gasteiger charge is -2.05. The summed E-state index contributed by atoms with van der Waals surface area (Å²) in [5.74, 6) is 1.22. The number of hydrogen-bond acceptors (Lipinski definition) is 0. The Kier molecular flexibility index (Phi) is 2.40. The second-order valence-electron chi connectivity index (χ2n) is 1.83. The summed E-state index contributed by atoms with van der Waals surface area (Å²) in [5, 5.41) is 0. The van der Waals surface area contributed by atoms with E-state index in [2.05, 4.69) is 0 Å². The molecule has 0 unspecified atom stereocenters. The topological polar surface area (TPSA) is 0 Å². The van der Waals surface area contributed by atoms with E-state index in [-0.39, 0.29) is 6.42 Å². The fraction of sp³-hybridized carbons (Fsp3) is 0.400. The van der Waals surface area contributed by atoms with E-state index in [9.17, 15) is 13.2 Å². The van der Waals surface area contributed by atoms with Crippen molar-refractivity contribution in [2.45, 2.75) is 12.6 Å². The summed E-state index contributed by atoms with van der Waals surface area (Å²) >= 11 is 1.94. The molecule has 1 rings (SSSR count). The van der Waals surface area contributed by atoms with E-state index in [0.717, 1.165) is 3.30 Å². The summed E-state index contributed by atoms with van der Waals surface area (Å²) in [4.78, 5) is 0. The van der Waals surface area contributed by atoms with Gasteiger partial charge in [-0.25, -0.2) is 0 Å². The maximum absolute atomic E-state index is 11.8. The Morgan fingerprint density at radius 2 is 2.10 bits per heavy atom. The molecule has 5 heteroatoms. The molecular weight excluding hydrogens is 275 g/mol. The van der Waals surface area contributed by atoms with Gasteiger partial charge >= 0.3 is 6.18 Å². The molecular formula is C5H3F3IP. The zero-order valence-corrected chi connectivity index (χ0v) is 7.80. The van der Waals surface area contributed by atoms with Crippen molar-refractivity contribution in [3.05, 3.63) is 11.4 Å². The highest BCUT2D eigenvalue weighted by atomic mass is 127. The van der Waals surface area contributed by atoms with Gasteiger partial charge in [-0.1, -0.05) is 8.20 Å². The van der Waals surface area contributed by atoms with Gasteiger partial charge in [0.05, 0.1) is 0 Å². The number of halogens is 4. The lowest BCUT2D eigenvalue weighted by atomic mass is 10.2. The van der Waals surface area contributed by atoms with Crippen LogP contribution in [0.15, 0.2) is 11.4 Å². The fourth-order valence-electron chi connectivity index (χ4n) is 0.570. The third kappa shape index (κ3) is 1.95. The summed E-state index contributed by atoms with van der Waals surface area (Å²) < 4.78 is 36.4. The van der Waals surface area contributed by atoms with Crippen molar-refractivity contribution in [1.29, 1.82) is 0 Å².